The van der Waals surface area contributed by atoms with Gasteiger partial charge in [-0.2, -0.15) is 5.10 Å². The number of rotatable bonds is 5. The lowest BCUT2D eigenvalue weighted by Gasteiger charge is -2.20. The largest absolute Gasteiger partial charge is 0.478 e. The van der Waals surface area contributed by atoms with E-state index in [1.807, 2.05) is 18.3 Å². The number of hydrogen-bond donors (Lipinski definition) is 2. The molecule has 3 heterocycles. The number of fused-ring (bicyclic) bond motifs is 1. The van der Waals surface area contributed by atoms with E-state index in [-0.39, 0.29) is 5.56 Å². The van der Waals surface area contributed by atoms with Crippen LogP contribution in [-0.4, -0.2) is 50.6 Å². The van der Waals surface area contributed by atoms with Crippen LogP contribution in [0.5, 0.6) is 0 Å². The highest BCUT2D eigenvalue weighted by Crippen LogP contribution is 2.51. The molecule has 1 aliphatic heterocycles. The molecular weight excluding hydrogens is 296 g/mol. The number of aromatic carboxylic acids is 1. The fourth-order valence-corrected chi connectivity index (χ4v) is 3.55. The summed E-state index contributed by atoms with van der Waals surface area (Å²) in [6, 6.07) is 3.99. The van der Waals surface area contributed by atoms with Gasteiger partial charge in [0.05, 0.1) is 18.3 Å². The monoisotopic (exact) mass is 314 g/mol. The number of aromatic nitrogens is 3. The van der Waals surface area contributed by atoms with Gasteiger partial charge in [-0.15, -0.1) is 0 Å². The van der Waals surface area contributed by atoms with Crippen molar-refractivity contribution in [2.24, 2.45) is 17.8 Å². The minimum atomic E-state index is -0.974. The topological polar surface area (TPSA) is 91.5 Å². The first-order valence-corrected chi connectivity index (χ1v) is 7.72. The molecule has 1 aliphatic carbocycles. The van der Waals surface area contributed by atoms with Crippen molar-refractivity contribution in [3.05, 3.63) is 41.9 Å². The highest BCUT2D eigenvalue weighted by atomic mass is 16.4. The maximum absolute atomic E-state index is 10.8. The van der Waals surface area contributed by atoms with Gasteiger partial charge < -0.3 is 15.1 Å². The molecule has 120 valence electrons. The van der Waals surface area contributed by atoms with Crippen molar-refractivity contribution in [2.75, 3.05) is 24.6 Å². The summed E-state index contributed by atoms with van der Waals surface area (Å²) < 4.78 is 1.59. The molecule has 7 heteroatoms. The number of pyridine rings is 1. The van der Waals surface area contributed by atoms with E-state index >= 15 is 0 Å². The molecule has 0 bridgehead atoms. The summed E-state index contributed by atoms with van der Waals surface area (Å²) in [6.45, 7) is 2.75. The molecule has 2 aliphatic rings. The number of carboxylic acids is 1. The predicted octanol–water partition coefficient (Wildman–Crippen LogP) is 0.699. The number of hydrogen-bond acceptors (Lipinski definition) is 5. The first-order chi connectivity index (χ1) is 11.2. The first-order valence-electron chi connectivity index (χ1n) is 7.72. The van der Waals surface area contributed by atoms with E-state index in [9.17, 15) is 9.90 Å². The smallest absolute Gasteiger partial charge is 0.338 e. The maximum atomic E-state index is 10.8. The van der Waals surface area contributed by atoms with Gasteiger partial charge >= 0.3 is 5.97 Å². The SMILES string of the molecule is O=C(O)c1cnn(Cc2ccc(N3CC4C(CO)C4C3)nc2)c1. The van der Waals surface area contributed by atoms with Crippen molar-refractivity contribution in [1.29, 1.82) is 0 Å². The van der Waals surface area contributed by atoms with Gasteiger partial charge in [0, 0.05) is 32.1 Å². The van der Waals surface area contributed by atoms with E-state index in [4.69, 9.17) is 5.11 Å². The number of aliphatic hydroxyl groups is 1. The van der Waals surface area contributed by atoms with E-state index in [1.54, 1.807) is 4.68 Å². The van der Waals surface area contributed by atoms with Crippen LogP contribution in [0.2, 0.25) is 0 Å². The summed E-state index contributed by atoms with van der Waals surface area (Å²) in [5.41, 5.74) is 1.16. The van der Waals surface area contributed by atoms with Gasteiger partial charge in [-0.25, -0.2) is 9.78 Å². The minimum Gasteiger partial charge on any atom is -0.478 e. The number of aliphatic hydroxyl groups excluding tert-OH is 1. The van der Waals surface area contributed by atoms with Crippen molar-refractivity contribution in [2.45, 2.75) is 6.54 Å². The minimum absolute atomic E-state index is 0.185. The second-order valence-corrected chi connectivity index (χ2v) is 6.34. The highest BCUT2D eigenvalue weighted by molar-refractivity contribution is 5.86. The fraction of sp³-hybridized carbons (Fsp3) is 0.438. The van der Waals surface area contributed by atoms with Gasteiger partial charge in [-0.3, -0.25) is 4.68 Å². The van der Waals surface area contributed by atoms with Gasteiger partial charge in [0.25, 0.3) is 0 Å². The number of piperidine rings is 1. The third-order valence-electron chi connectivity index (χ3n) is 4.94. The highest BCUT2D eigenvalue weighted by Gasteiger charge is 2.55. The van der Waals surface area contributed by atoms with Gasteiger partial charge in [-0.1, -0.05) is 6.07 Å². The van der Waals surface area contributed by atoms with Crippen molar-refractivity contribution >= 4 is 11.8 Å². The zero-order valence-electron chi connectivity index (χ0n) is 12.5. The van der Waals surface area contributed by atoms with E-state index in [2.05, 4.69) is 15.0 Å². The second kappa shape index (κ2) is 5.34. The van der Waals surface area contributed by atoms with Crippen LogP contribution in [0.3, 0.4) is 0 Å². The number of carboxylic acid groups (broad SMARTS) is 1. The van der Waals surface area contributed by atoms with Gasteiger partial charge in [0.2, 0.25) is 0 Å². The van der Waals surface area contributed by atoms with Gasteiger partial charge in [-0.05, 0) is 29.4 Å². The summed E-state index contributed by atoms with van der Waals surface area (Å²) in [7, 11) is 0. The van der Waals surface area contributed by atoms with E-state index < -0.39 is 5.97 Å². The van der Waals surface area contributed by atoms with Crippen LogP contribution in [-0.2, 0) is 6.54 Å². The van der Waals surface area contributed by atoms with Crippen LogP contribution in [0.25, 0.3) is 0 Å². The van der Waals surface area contributed by atoms with Gasteiger partial charge in [0.1, 0.15) is 5.82 Å². The van der Waals surface area contributed by atoms with E-state index in [1.165, 1.54) is 12.4 Å². The molecule has 23 heavy (non-hydrogen) atoms. The second-order valence-electron chi connectivity index (χ2n) is 6.34. The lowest BCUT2D eigenvalue weighted by molar-refractivity contribution is 0.0696. The average molecular weight is 314 g/mol. The Labute approximate surface area is 133 Å². The Morgan fingerprint density at radius 3 is 2.61 bits per heavy atom. The maximum Gasteiger partial charge on any atom is 0.338 e. The van der Waals surface area contributed by atoms with Crippen LogP contribution < -0.4 is 4.90 Å². The zero-order valence-corrected chi connectivity index (χ0v) is 12.5. The summed E-state index contributed by atoms with van der Waals surface area (Å²) in [5, 5.41) is 22.1. The molecule has 2 aromatic rings. The summed E-state index contributed by atoms with van der Waals surface area (Å²) in [4.78, 5) is 17.6. The molecule has 1 saturated carbocycles. The molecule has 2 aromatic heterocycles. The first kappa shape index (κ1) is 14.2. The number of nitrogens with zero attached hydrogens (tertiary/aromatic N) is 4. The van der Waals surface area contributed by atoms with E-state index in [0.29, 0.717) is 30.9 Å². The van der Waals surface area contributed by atoms with Crippen LogP contribution in [0.1, 0.15) is 15.9 Å². The Kier molecular flexibility index (Phi) is 3.30. The van der Waals surface area contributed by atoms with Crippen LogP contribution in [0.4, 0.5) is 5.82 Å². The fourth-order valence-electron chi connectivity index (χ4n) is 3.55. The van der Waals surface area contributed by atoms with Crippen molar-refractivity contribution in [3.63, 3.8) is 0 Å². The zero-order chi connectivity index (χ0) is 16.0. The molecule has 0 spiro atoms. The van der Waals surface area contributed by atoms with Crippen molar-refractivity contribution in [1.82, 2.24) is 14.8 Å². The van der Waals surface area contributed by atoms with E-state index in [0.717, 1.165) is 24.5 Å². The summed E-state index contributed by atoms with van der Waals surface area (Å²) in [5.74, 6) is 1.73. The quantitative estimate of drug-likeness (QED) is 0.844. The summed E-state index contributed by atoms with van der Waals surface area (Å²) >= 11 is 0. The Balaban J connectivity index is 1.39. The molecule has 2 N–H and O–H groups in total. The molecule has 7 nitrogen and oxygen atoms in total. The number of anilines is 1. The van der Waals surface area contributed by atoms with Gasteiger partial charge in [0.15, 0.2) is 0 Å². The molecule has 2 fully saturated rings. The van der Waals surface area contributed by atoms with Crippen LogP contribution in [0.15, 0.2) is 30.7 Å². The van der Waals surface area contributed by atoms with Crippen molar-refractivity contribution in [3.8, 4) is 0 Å². The molecule has 4 rings (SSSR count). The molecular formula is C16H18N4O3. The molecule has 2 atom stereocenters. The Morgan fingerprint density at radius 1 is 1.26 bits per heavy atom. The molecule has 0 radical (unpaired) electrons. The third kappa shape index (κ3) is 2.57. The molecule has 0 amide bonds. The lowest BCUT2D eigenvalue weighted by Crippen LogP contribution is -2.25. The van der Waals surface area contributed by atoms with Crippen LogP contribution in [0, 0.1) is 17.8 Å². The number of carbonyl (C=O) groups is 1. The lowest BCUT2D eigenvalue weighted by atomic mass is 10.2. The normalized spacial score (nSPS) is 25.4. The molecule has 0 aromatic carbocycles. The predicted molar refractivity (Wildman–Crippen MR) is 82.3 cm³/mol. The summed E-state index contributed by atoms with van der Waals surface area (Å²) in [6.07, 6.45) is 4.67. The van der Waals surface area contributed by atoms with Crippen LogP contribution >= 0.6 is 0 Å². The van der Waals surface area contributed by atoms with Crippen molar-refractivity contribution < 1.29 is 15.0 Å². The Morgan fingerprint density at radius 2 is 2.04 bits per heavy atom. The molecule has 1 saturated heterocycles. The molecule has 2 unspecified atom stereocenters. The average Bonchev–Trinajstić information content (AvgIpc) is 2.94. The Bertz CT molecular complexity index is 715. The Hall–Kier alpha value is -2.41. The standard InChI is InChI=1S/C16H18N4O3/c21-9-14-12-7-19(8-13(12)14)15-2-1-10(3-17-15)5-20-6-11(4-18-20)16(22)23/h1-4,6,12-14,21H,5,7-9H2,(H,22,23). The third-order valence-corrected chi connectivity index (χ3v) is 4.94.